The van der Waals surface area contributed by atoms with Gasteiger partial charge < -0.3 is 9.30 Å². The van der Waals surface area contributed by atoms with Crippen LogP contribution in [0.1, 0.15) is 24.4 Å². The molecule has 0 fully saturated rings. The predicted octanol–water partition coefficient (Wildman–Crippen LogP) is 2.28. The molecule has 6 nitrogen and oxygen atoms in total. The van der Waals surface area contributed by atoms with Gasteiger partial charge in [0.25, 0.3) is 0 Å². The van der Waals surface area contributed by atoms with Crippen molar-refractivity contribution in [2.45, 2.75) is 32.1 Å². The molecule has 4 rings (SSSR count). The van der Waals surface area contributed by atoms with E-state index in [2.05, 4.69) is 10.1 Å². The number of hydrogen-bond donors (Lipinski definition) is 0. The van der Waals surface area contributed by atoms with Crippen molar-refractivity contribution < 1.29 is 13.9 Å². The third-order valence-electron chi connectivity index (χ3n) is 4.30. The van der Waals surface area contributed by atoms with Gasteiger partial charge in [0.15, 0.2) is 0 Å². The summed E-state index contributed by atoms with van der Waals surface area (Å²) >= 11 is 0. The van der Waals surface area contributed by atoms with Gasteiger partial charge in [-0.2, -0.15) is 5.10 Å². The second-order valence-electron chi connectivity index (χ2n) is 6.02. The summed E-state index contributed by atoms with van der Waals surface area (Å²) < 4.78 is 22.5. The molecule has 24 heavy (non-hydrogen) atoms. The first-order chi connectivity index (χ1) is 11.6. The molecule has 2 atom stereocenters. The van der Waals surface area contributed by atoms with Gasteiger partial charge in [-0.3, -0.25) is 9.48 Å². The Kier molecular flexibility index (Phi) is 3.55. The molecular weight excluding hydrogens is 311 g/mol. The highest BCUT2D eigenvalue weighted by atomic mass is 19.1. The minimum absolute atomic E-state index is 0.115. The maximum absolute atomic E-state index is 13.7. The van der Waals surface area contributed by atoms with Crippen LogP contribution in [-0.2, 0) is 22.5 Å². The second kappa shape index (κ2) is 5.74. The first-order valence-corrected chi connectivity index (χ1v) is 7.87. The maximum atomic E-state index is 13.7. The van der Waals surface area contributed by atoms with Crippen LogP contribution in [0.25, 0.3) is 10.9 Å². The maximum Gasteiger partial charge on any atom is 0.302 e. The zero-order valence-electron chi connectivity index (χ0n) is 13.2. The van der Waals surface area contributed by atoms with Crippen molar-refractivity contribution in [2.24, 2.45) is 0 Å². The van der Waals surface area contributed by atoms with Gasteiger partial charge in [-0.1, -0.05) is 18.2 Å². The molecule has 0 saturated heterocycles. The number of alkyl halides is 1. The van der Waals surface area contributed by atoms with E-state index in [-0.39, 0.29) is 18.6 Å². The molecule has 1 aliphatic heterocycles. The molecule has 0 radical (unpaired) electrons. The number of imidazole rings is 1. The van der Waals surface area contributed by atoms with Crippen molar-refractivity contribution in [3.8, 4) is 0 Å². The lowest BCUT2D eigenvalue weighted by atomic mass is 10.1. The first kappa shape index (κ1) is 14.9. The van der Waals surface area contributed by atoms with Crippen molar-refractivity contribution in [3.63, 3.8) is 0 Å². The minimum atomic E-state index is -0.896. The number of nitrogens with zero attached hydrogens (tertiary/aromatic N) is 4. The second-order valence-corrected chi connectivity index (χ2v) is 6.02. The average molecular weight is 328 g/mol. The molecule has 1 aliphatic rings. The zero-order valence-corrected chi connectivity index (χ0v) is 13.2. The van der Waals surface area contributed by atoms with Gasteiger partial charge in [0.05, 0.1) is 24.1 Å². The quantitative estimate of drug-likeness (QED) is 0.689. The fourth-order valence-corrected chi connectivity index (χ4v) is 3.19. The van der Waals surface area contributed by atoms with E-state index < -0.39 is 6.17 Å². The molecule has 3 heterocycles. The highest BCUT2D eigenvalue weighted by Crippen LogP contribution is 2.28. The van der Waals surface area contributed by atoms with Crippen LogP contribution in [0.15, 0.2) is 36.8 Å². The van der Waals surface area contributed by atoms with E-state index in [0.717, 1.165) is 16.6 Å². The van der Waals surface area contributed by atoms with Gasteiger partial charge in [0.1, 0.15) is 18.8 Å². The predicted molar refractivity (Wildman–Crippen MR) is 85.3 cm³/mol. The van der Waals surface area contributed by atoms with Gasteiger partial charge >= 0.3 is 5.97 Å². The summed E-state index contributed by atoms with van der Waals surface area (Å²) in [6.45, 7) is 1.81. The number of ether oxygens (including phenoxy) is 1. The molecule has 0 N–H and O–H groups in total. The van der Waals surface area contributed by atoms with E-state index in [4.69, 9.17) is 4.74 Å². The minimum Gasteiger partial charge on any atom is -0.463 e. The number of carbonyl (C=O) groups is 1. The standard InChI is InChI=1S/C17H17FN4O2/c1-11(23)24-9-16(17-15-6-13(18)8-21(15)10-19-17)22-7-12-4-2-3-5-14(12)20-22/h2-5,7,10,13,16H,6,8-9H2,1H3/t13-,16?/m1/s1. The Bertz CT molecular complexity index is 868. The number of aromatic nitrogens is 4. The molecular formula is C17H17FN4O2. The summed E-state index contributed by atoms with van der Waals surface area (Å²) in [5.41, 5.74) is 2.41. The number of benzene rings is 1. The van der Waals surface area contributed by atoms with Crippen LogP contribution >= 0.6 is 0 Å². The van der Waals surface area contributed by atoms with Crippen LogP contribution in [0.4, 0.5) is 4.39 Å². The van der Waals surface area contributed by atoms with E-state index in [9.17, 15) is 9.18 Å². The van der Waals surface area contributed by atoms with E-state index in [0.29, 0.717) is 18.7 Å². The van der Waals surface area contributed by atoms with Gasteiger partial charge in [-0.25, -0.2) is 9.37 Å². The van der Waals surface area contributed by atoms with Crippen molar-refractivity contribution in [1.29, 1.82) is 0 Å². The molecule has 2 aromatic heterocycles. The molecule has 124 valence electrons. The van der Waals surface area contributed by atoms with E-state index in [1.54, 1.807) is 11.0 Å². The average Bonchev–Trinajstić information content (AvgIpc) is 3.21. The van der Waals surface area contributed by atoms with Gasteiger partial charge in [-0.05, 0) is 6.07 Å². The van der Waals surface area contributed by atoms with Crippen LogP contribution < -0.4 is 0 Å². The van der Waals surface area contributed by atoms with Crippen LogP contribution in [0.2, 0.25) is 0 Å². The monoisotopic (exact) mass is 328 g/mol. The zero-order chi connectivity index (χ0) is 16.7. The highest BCUT2D eigenvalue weighted by Gasteiger charge is 2.30. The number of hydrogen-bond acceptors (Lipinski definition) is 4. The SMILES string of the molecule is CC(=O)OCC(c1ncn2c1C[C@@H](F)C2)n1cc2ccccc2n1. The van der Waals surface area contributed by atoms with Crippen LogP contribution in [0.3, 0.4) is 0 Å². The Morgan fingerprint density at radius 3 is 3.08 bits per heavy atom. The lowest BCUT2D eigenvalue weighted by Crippen LogP contribution is -2.21. The Morgan fingerprint density at radius 2 is 2.29 bits per heavy atom. The largest absolute Gasteiger partial charge is 0.463 e. The molecule has 3 aromatic rings. The van der Waals surface area contributed by atoms with Crippen molar-refractivity contribution in [2.75, 3.05) is 6.61 Å². The summed E-state index contributed by atoms with van der Waals surface area (Å²) in [5.74, 6) is -0.365. The summed E-state index contributed by atoms with van der Waals surface area (Å²) in [6.07, 6.45) is 2.98. The third kappa shape index (κ3) is 2.55. The first-order valence-electron chi connectivity index (χ1n) is 7.87. The number of fused-ring (bicyclic) bond motifs is 2. The normalized spacial score (nSPS) is 17.8. The molecule has 0 amide bonds. The summed E-state index contributed by atoms with van der Waals surface area (Å²) in [6, 6.07) is 7.38. The fourth-order valence-electron chi connectivity index (χ4n) is 3.19. The number of esters is 1. The molecule has 1 unspecified atom stereocenters. The molecule has 0 bridgehead atoms. The summed E-state index contributed by atoms with van der Waals surface area (Å²) in [5, 5.41) is 5.56. The van der Waals surface area contributed by atoms with Crippen LogP contribution in [0.5, 0.6) is 0 Å². The molecule has 0 saturated carbocycles. The van der Waals surface area contributed by atoms with E-state index in [1.807, 2.05) is 35.0 Å². The Labute approximate surface area is 137 Å². The van der Waals surface area contributed by atoms with Crippen molar-refractivity contribution >= 4 is 16.9 Å². The lowest BCUT2D eigenvalue weighted by Gasteiger charge is -2.16. The molecule has 7 heteroatoms. The smallest absolute Gasteiger partial charge is 0.302 e. The number of halogens is 1. The number of rotatable bonds is 4. The van der Waals surface area contributed by atoms with Crippen molar-refractivity contribution in [3.05, 3.63) is 48.2 Å². The molecule has 0 aliphatic carbocycles. The highest BCUT2D eigenvalue weighted by molar-refractivity contribution is 5.77. The molecule has 1 aromatic carbocycles. The Hall–Kier alpha value is -2.70. The molecule has 0 spiro atoms. The Balaban J connectivity index is 1.75. The fraction of sp³-hybridized carbons (Fsp3) is 0.353. The van der Waals surface area contributed by atoms with Gasteiger partial charge in [-0.15, -0.1) is 0 Å². The van der Waals surface area contributed by atoms with Gasteiger partial charge in [0.2, 0.25) is 0 Å². The van der Waals surface area contributed by atoms with Gasteiger partial charge in [0, 0.05) is 30.6 Å². The summed E-state index contributed by atoms with van der Waals surface area (Å²) in [4.78, 5) is 15.7. The van der Waals surface area contributed by atoms with Crippen LogP contribution in [-0.4, -0.2) is 38.1 Å². The van der Waals surface area contributed by atoms with Crippen molar-refractivity contribution in [1.82, 2.24) is 19.3 Å². The lowest BCUT2D eigenvalue weighted by molar-refractivity contribution is -0.141. The third-order valence-corrected chi connectivity index (χ3v) is 4.30. The Morgan fingerprint density at radius 1 is 1.46 bits per heavy atom. The van der Waals surface area contributed by atoms with E-state index >= 15 is 0 Å². The van der Waals surface area contributed by atoms with Crippen LogP contribution in [0, 0.1) is 0 Å². The number of carbonyl (C=O) groups excluding carboxylic acids is 1. The topological polar surface area (TPSA) is 61.9 Å². The summed E-state index contributed by atoms with van der Waals surface area (Å²) in [7, 11) is 0. The van der Waals surface area contributed by atoms with E-state index in [1.165, 1.54) is 6.92 Å².